The van der Waals surface area contributed by atoms with Crippen LogP contribution in [-0.2, 0) is 6.42 Å². The summed E-state index contributed by atoms with van der Waals surface area (Å²) in [4.78, 5) is 12.3. The number of rotatable bonds is 6. The van der Waals surface area contributed by atoms with Crippen LogP contribution in [0.4, 0.5) is 0 Å². The molecule has 0 bridgehead atoms. The van der Waals surface area contributed by atoms with Crippen molar-refractivity contribution in [3.8, 4) is 0 Å². The first-order chi connectivity index (χ1) is 8.44. The minimum absolute atomic E-state index is 0.218. The number of nitrogens with one attached hydrogen (secondary N) is 1. The molecule has 0 unspecified atom stereocenters. The molecule has 2 nitrogen and oxygen atoms in total. The van der Waals surface area contributed by atoms with Gasteiger partial charge in [0.25, 0.3) is 0 Å². The Morgan fingerprint density at radius 2 is 1.89 bits per heavy atom. The van der Waals surface area contributed by atoms with Crippen molar-refractivity contribution in [2.45, 2.75) is 40.0 Å². The second kappa shape index (κ2) is 6.69. The van der Waals surface area contributed by atoms with Gasteiger partial charge in [0.2, 0.25) is 0 Å². The van der Waals surface area contributed by atoms with Gasteiger partial charge in [-0.15, -0.1) is 0 Å². The first-order valence-electron chi connectivity index (χ1n) is 6.70. The average molecular weight is 247 g/mol. The van der Waals surface area contributed by atoms with E-state index < -0.39 is 0 Å². The Hall–Kier alpha value is -1.15. The average Bonchev–Trinajstić information content (AvgIpc) is 2.33. The molecule has 0 saturated heterocycles. The lowest BCUT2D eigenvalue weighted by Crippen LogP contribution is -2.14. The molecule has 0 spiro atoms. The van der Waals surface area contributed by atoms with Crippen molar-refractivity contribution in [3.63, 3.8) is 0 Å². The van der Waals surface area contributed by atoms with Crippen LogP contribution < -0.4 is 5.32 Å². The Morgan fingerprint density at radius 3 is 2.50 bits per heavy atom. The van der Waals surface area contributed by atoms with Crippen molar-refractivity contribution in [1.82, 2.24) is 5.32 Å². The summed E-state index contributed by atoms with van der Waals surface area (Å²) in [6, 6.07) is 7.97. The summed E-state index contributed by atoms with van der Waals surface area (Å²) in [6.45, 7) is 7.43. The van der Waals surface area contributed by atoms with Gasteiger partial charge in [0.1, 0.15) is 0 Å². The van der Waals surface area contributed by atoms with Gasteiger partial charge in [-0.2, -0.15) is 0 Å². The number of carbonyl (C=O) groups excluding carboxylic acids is 1. The third-order valence-electron chi connectivity index (χ3n) is 3.06. The number of ketones is 1. The third kappa shape index (κ3) is 5.01. The standard InChI is InChI=1S/C16H25NO/c1-16(2,3)11-9-15(18)14-8-6-5-7-13(14)10-12-17-4/h5-8,17H,9-12H2,1-4H3. The molecule has 1 aromatic carbocycles. The van der Waals surface area contributed by atoms with E-state index in [1.54, 1.807) is 0 Å². The molecule has 0 aliphatic rings. The van der Waals surface area contributed by atoms with Crippen LogP contribution in [0.5, 0.6) is 0 Å². The highest BCUT2D eigenvalue weighted by Crippen LogP contribution is 2.23. The van der Waals surface area contributed by atoms with E-state index in [4.69, 9.17) is 0 Å². The summed E-state index contributed by atoms with van der Waals surface area (Å²) in [7, 11) is 1.93. The molecular formula is C16H25NO. The highest BCUT2D eigenvalue weighted by atomic mass is 16.1. The number of hydrogen-bond acceptors (Lipinski definition) is 2. The molecule has 0 aliphatic heterocycles. The Morgan fingerprint density at radius 1 is 1.22 bits per heavy atom. The van der Waals surface area contributed by atoms with Crippen LogP contribution in [0, 0.1) is 5.41 Å². The number of Topliss-reactive ketones (excluding diaryl/α,β-unsaturated/α-hetero) is 1. The molecule has 1 N–H and O–H groups in total. The highest BCUT2D eigenvalue weighted by Gasteiger charge is 2.15. The first kappa shape index (κ1) is 14.9. The van der Waals surface area contributed by atoms with E-state index in [0.29, 0.717) is 6.42 Å². The van der Waals surface area contributed by atoms with Crippen LogP contribution in [0.2, 0.25) is 0 Å². The smallest absolute Gasteiger partial charge is 0.163 e. The third-order valence-corrected chi connectivity index (χ3v) is 3.06. The minimum atomic E-state index is 0.218. The lowest BCUT2D eigenvalue weighted by atomic mass is 9.87. The van der Waals surface area contributed by atoms with Gasteiger partial charge < -0.3 is 5.32 Å². The zero-order valence-corrected chi connectivity index (χ0v) is 12.0. The van der Waals surface area contributed by atoms with Crippen molar-refractivity contribution in [3.05, 3.63) is 35.4 Å². The van der Waals surface area contributed by atoms with Gasteiger partial charge >= 0.3 is 0 Å². The normalized spacial score (nSPS) is 11.6. The Labute approximate surface area is 111 Å². The van der Waals surface area contributed by atoms with Crippen LogP contribution >= 0.6 is 0 Å². The molecule has 0 aromatic heterocycles. The predicted octanol–water partition coefficient (Wildman–Crippen LogP) is 3.46. The van der Waals surface area contributed by atoms with Gasteiger partial charge in [-0.3, -0.25) is 4.79 Å². The van der Waals surface area contributed by atoms with E-state index in [1.165, 1.54) is 0 Å². The zero-order chi connectivity index (χ0) is 13.6. The topological polar surface area (TPSA) is 29.1 Å². The monoisotopic (exact) mass is 247 g/mol. The van der Waals surface area contributed by atoms with Gasteiger partial charge in [0, 0.05) is 12.0 Å². The summed E-state index contributed by atoms with van der Waals surface area (Å²) in [6.07, 6.45) is 2.49. The Bertz CT molecular complexity index is 390. The van der Waals surface area contributed by atoms with Gasteiger partial charge in [-0.05, 0) is 37.4 Å². The summed E-state index contributed by atoms with van der Waals surface area (Å²) in [5, 5.41) is 3.13. The minimum Gasteiger partial charge on any atom is -0.319 e. The second-order valence-electron chi connectivity index (χ2n) is 5.99. The second-order valence-corrected chi connectivity index (χ2v) is 5.99. The molecule has 100 valence electrons. The highest BCUT2D eigenvalue weighted by molar-refractivity contribution is 5.97. The number of carbonyl (C=O) groups is 1. The zero-order valence-electron chi connectivity index (χ0n) is 12.0. The summed E-state index contributed by atoms with van der Waals surface area (Å²) in [5.41, 5.74) is 2.28. The van der Waals surface area contributed by atoms with Crippen LogP contribution in [0.15, 0.2) is 24.3 Å². The number of likely N-dealkylation sites (N-methyl/N-ethyl adjacent to an activating group) is 1. The molecule has 0 aliphatic carbocycles. The lowest BCUT2D eigenvalue weighted by Gasteiger charge is -2.17. The summed E-state index contributed by atoms with van der Waals surface area (Å²) < 4.78 is 0. The maximum absolute atomic E-state index is 12.3. The summed E-state index contributed by atoms with van der Waals surface area (Å²) >= 11 is 0. The molecule has 1 rings (SSSR count). The Balaban J connectivity index is 2.72. The van der Waals surface area contributed by atoms with Crippen molar-refractivity contribution < 1.29 is 4.79 Å². The van der Waals surface area contributed by atoms with Crippen LogP contribution in [0.1, 0.15) is 49.5 Å². The maximum atomic E-state index is 12.3. The van der Waals surface area contributed by atoms with Gasteiger partial charge in [0.15, 0.2) is 5.78 Å². The molecule has 2 heteroatoms. The predicted molar refractivity (Wildman–Crippen MR) is 77.1 cm³/mol. The van der Waals surface area contributed by atoms with E-state index in [9.17, 15) is 4.79 Å². The van der Waals surface area contributed by atoms with E-state index in [0.717, 1.165) is 30.5 Å². The van der Waals surface area contributed by atoms with Gasteiger partial charge in [-0.1, -0.05) is 45.0 Å². The fourth-order valence-electron chi connectivity index (χ4n) is 1.89. The van der Waals surface area contributed by atoms with Crippen molar-refractivity contribution in [2.75, 3.05) is 13.6 Å². The lowest BCUT2D eigenvalue weighted by molar-refractivity contribution is 0.0965. The molecule has 0 heterocycles. The molecule has 18 heavy (non-hydrogen) atoms. The molecule has 0 fully saturated rings. The quantitative estimate of drug-likeness (QED) is 0.780. The Kier molecular flexibility index (Phi) is 5.54. The van der Waals surface area contributed by atoms with E-state index in [2.05, 4.69) is 32.2 Å². The largest absolute Gasteiger partial charge is 0.319 e. The van der Waals surface area contributed by atoms with Crippen LogP contribution in [0.25, 0.3) is 0 Å². The molecule has 0 saturated carbocycles. The first-order valence-corrected chi connectivity index (χ1v) is 6.70. The van der Waals surface area contributed by atoms with Gasteiger partial charge in [0.05, 0.1) is 0 Å². The SMILES string of the molecule is CNCCc1ccccc1C(=O)CCC(C)(C)C. The molecule has 1 aromatic rings. The fourth-order valence-corrected chi connectivity index (χ4v) is 1.89. The number of benzene rings is 1. The molecule has 0 radical (unpaired) electrons. The van der Waals surface area contributed by atoms with Crippen molar-refractivity contribution in [2.24, 2.45) is 5.41 Å². The number of hydrogen-bond donors (Lipinski definition) is 1. The fraction of sp³-hybridized carbons (Fsp3) is 0.562. The van der Waals surface area contributed by atoms with Crippen LogP contribution in [-0.4, -0.2) is 19.4 Å². The van der Waals surface area contributed by atoms with E-state index in [-0.39, 0.29) is 11.2 Å². The van der Waals surface area contributed by atoms with Crippen molar-refractivity contribution in [1.29, 1.82) is 0 Å². The molecule has 0 atom stereocenters. The van der Waals surface area contributed by atoms with E-state index in [1.807, 2.05) is 25.2 Å². The summed E-state index contributed by atoms with van der Waals surface area (Å²) in [5.74, 6) is 0.275. The van der Waals surface area contributed by atoms with Crippen molar-refractivity contribution >= 4 is 5.78 Å². The maximum Gasteiger partial charge on any atom is 0.163 e. The van der Waals surface area contributed by atoms with Crippen LogP contribution in [0.3, 0.4) is 0 Å². The molecule has 0 amide bonds. The van der Waals surface area contributed by atoms with E-state index >= 15 is 0 Å². The van der Waals surface area contributed by atoms with Gasteiger partial charge in [-0.25, -0.2) is 0 Å². The molecular weight excluding hydrogens is 222 g/mol.